The normalized spacial score (nSPS) is 18.4. The number of amides is 1. The number of Topliss-reactive ketones (excluding diaryl/α,β-unsaturated/α-hetero) is 1. The highest BCUT2D eigenvalue weighted by Gasteiger charge is 2.43. The van der Waals surface area contributed by atoms with Crippen LogP contribution in [0.1, 0.15) is 18.5 Å². The maximum Gasteiger partial charge on any atom is 0.346 e. The van der Waals surface area contributed by atoms with Crippen LogP contribution in [-0.4, -0.2) is 41.3 Å². The second-order valence-corrected chi connectivity index (χ2v) is 4.30. The van der Waals surface area contributed by atoms with Gasteiger partial charge in [0.05, 0.1) is 0 Å². The molecule has 0 spiro atoms. The summed E-state index contributed by atoms with van der Waals surface area (Å²) in [6.45, 7) is 1.39. The molecule has 0 fully saturated rings. The van der Waals surface area contributed by atoms with Gasteiger partial charge in [-0.1, -0.05) is 30.3 Å². The molecule has 1 amide bonds. The lowest BCUT2D eigenvalue weighted by atomic mass is 10.0. The number of hydrazone groups is 1. The van der Waals surface area contributed by atoms with Crippen molar-refractivity contribution in [3.05, 3.63) is 35.9 Å². The molecular weight excluding hydrogens is 266 g/mol. The summed E-state index contributed by atoms with van der Waals surface area (Å²) in [5.41, 5.74) is 0.914. The molecule has 2 rings (SSSR count). The Labute approximate surface area is 118 Å². The highest BCUT2D eigenvalue weighted by Crippen LogP contribution is 2.24. The number of carbonyl (C=O) groups excluding carboxylic acids is 2. The van der Waals surface area contributed by atoms with Crippen LogP contribution in [0.5, 0.6) is 0 Å². The highest BCUT2D eigenvalue weighted by molar-refractivity contribution is 6.41. The molecule has 1 aliphatic rings. The molecule has 102 valence electrons. The van der Waals surface area contributed by atoms with E-state index >= 15 is 0 Å². The Morgan fingerprint density at radius 2 is 1.89 bits per heavy atom. The quantitative estimate of drug-likeness (QED) is 0.774. The van der Waals surface area contributed by atoms with E-state index in [4.69, 9.17) is 0 Å². The second kappa shape index (κ2) is 5.84. The zero-order valence-electron chi connectivity index (χ0n) is 11.1. The lowest BCUT2D eigenvalue weighted by Gasteiger charge is -2.18. The van der Waals surface area contributed by atoms with Gasteiger partial charge in [0.2, 0.25) is 0 Å². The summed E-state index contributed by atoms with van der Waals surface area (Å²) in [5.74, 6) is -0.0208. The number of hydrogen-bond donors (Lipinski definition) is 1. The van der Waals surface area contributed by atoms with E-state index in [1.54, 1.807) is 11.7 Å². The van der Waals surface area contributed by atoms with Gasteiger partial charge in [0.25, 0.3) is 5.78 Å². The smallest absolute Gasteiger partial charge is 0.283 e. The number of rotatable bonds is 1. The largest absolute Gasteiger partial charge is 0.346 e. The molecule has 1 N–H and O–H groups in total. The minimum atomic E-state index is -0.377. The van der Waals surface area contributed by atoms with Crippen molar-refractivity contribution in [1.29, 1.82) is 0 Å². The lowest BCUT2D eigenvalue weighted by Crippen LogP contribution is -2.37. The topological polar surface area (TPSA) is 52.4 Å². The third kappa shape index (κ3) is 2.76. The first kappa shape index (κ1) is 15.2. The van der Waals surface area contributed by atoms with Crippen molar-refractivity contribution >= 4 is 29.9 Å². The van der Waals surface area contributed by atoms with Crippen LogP contribution in [0.15, 0.2) is 30.3 Å². The Balaban J connectivity index is 0.00000180. The Morgan fingerprint density at radius 1 is 1.32 bits per heavy atom. The Bertz CT molecular complexity index is 528. The zero-order valence-corrected chi connectivity index (χ0v) is 11.9. The molecule has 0 saturated carbocycles. The molecule has 1 aliphatic heterocycles. The summed E-state index contributed by atoms with van der Waals surface area (Å²) in [6, 6.07) is 9.14. The molecule has 0 bridgehead atoms. The standard InChI is InChI=1S/C13H15N3O2.ClH/c1-9(17)14-13-12(18)11(15(2)16(13)3)10-7-5-4-6-8-10;/h4-8,11H,1-3H3;1H/p+1. The molecular formula is C13H17ClN3O2+. The number of carbonyl (C=O) groups is 2. The number of benzene rings is 1. The summed E-state index contributed by atoms with van der Waals surface area (Å²) in [7, 11) is 3.58. The molecule has 1 atom stereocenters. The fourth-order valence-corrected chi connectivity index (χ4v) is 2.10. The van der Waals surface area contributed by atoms with Crippen molar-refractivity contribution in [2.45, 2.75) is 13.0 Å². The van der Waals surface area contributed by atoms with Crippen LogP contribution in [0.2, 0.25) is 0 Å². The molecule has 0 aromatic heterocycles. The summed E-state index contributed by atoms with van der Waals surface area (Å²) in [6.07, 6.45) is 0. The van der Waals surface area contributed by atoms with Crippen LogP contribution < -0.4 is 5.32 Å². The monoisotopic (exact) mass is 282 g/mol. The average Bonchev–Trinajstić information content (AvgIpc) is 2.54. The molecule has 5 nitrogen and oxygen atoms in total. The maximum absolute atomic E-state index is 12.3. The van der Waals surface area contributed by atoms with Gasteiger partial charge in [0.1, 0.15) is 7.05 Å². The Kier molecular flexibility index (Phi) is 4.67. The lowest BCUT2D eigenvalue weighted by molar-refractivity contribution is -0.661. The fourth-order valence-electron chi connectivity index (χ4n) is 2.10. The van der Waals surface area contributed by atoms with E-state index in [0.29, 0.717) is 5.84 Å². The van der Waals surface area contributed by atoms with Gasteiger partial charge in [0, 0.05) is 14.0 Å². The second-order valence-electron chi connectivity index (χ2n) is 4.30. The molecule has 1 aromatic rings. The third-order valence-corrected chi connectivity index (χ3v) is 3.06. The molecule has 19 heavy (non-hydrogen) atoms. The summed E-state index contributed by atoms with van der Waals surface area (Å²) >= 11 is 0. The molecule has 1 unspecified atom stereocenters. The van der Waals surface area contributed by atoms with Gasteiger partial charge in [-0.3, -0.25) is 4.79 Å². The number of nitrogens with zero attached hydrogens (tertiary/aromatic N) is 2. The minimum Gasteiger partial charge on any atom is -0.283 e. The number of amidine groups is 1. The van der Waals surface area contributed by atoms with Crippen molar-refractivity contribution < 1.29 is 14.3 Å². The molecule has 1 aromatic carbocycles. The van der Waals surface area contributed by atoms with Crippen LogP contribution in [0.3, 0.4) is 0 Å². The van der Waals surface area contributed by atoms with Crippen molar-refractivity contribution in [2.24, 2.45) is 0 Å². The van der Waals surface area contributed by atoms with Crippen LogP contribution in [0.25, 0.3) is 0 Å². The predicted molar refractivity (Wildman–Crippen MR) is 74.2 cm³/mol. The van der Waals surface area contributed by atoms with E-state index in [-0.39, 0.29) is 30.1 Å². The van der Waals surface area contributed by atoms with Crippen LogP contribution in [0, 0.1) is 0 Å². The maximum atomic E-state index is 12.3. The van der Waals surface area contributed by atoms with Gasteiger partial charge in [0.15, 0.2) is 6.04 Å². The van der Waals surface area contributed by atoms with Gasteiger partial charge < -0.3 is 0 Å². The number of hydrogen-bond acceptors (Lipinski definition) is 3. The summed E-state index contributed by atoms with van der Waals surface area (Å²) < 4.78 is 1.67. The van der Waals surface area contributed by atoms with Gasteiger partial charge in [-0.15, -0.1) is 12.4 Å². The van der Waals surface area contributed by atoms with Gasteiger partial charge in [-0.05, 0) is 5.56 Å². The first-order valence-electron chi connectivity index (χ1n) is 5.72. The van der Waals surface area contributed by atoms with Gasteiger partial charge >= 0.3 is 11.7 Å². The van der Waals surface area contributed by atoms with E-state index < -0.39 is 0 Å². The van der Waals surface area contributed by atoms with Crippen molar-refractivity contribution in [2.75, 3.05) is 14.1 Å². The van der Waals surface area contributed by atoms with Crippen molar-refractivity contribution in [1.82, 2.24) is 10.3 Å². The van der Waals surface area contributed by atoms with E-state index in [9.17, 15) is 9.59 Å². The summed E-state index contributed by atoms with van der Waals surface area (Å²) in [5, 5.41) is 4.39. The first-order valence-corrected chi connectivity index (χ1v) is 5.72. The predicted octanol–water partition coefficient (Wildman–Crippen LogP) is 0.756. The van der Waals surface area contributed by atoms with E-state index in [1.807, 2.05) is 42.4 Å². The molecule has 0 saturated heterocycles. The number of halogens is 1. The molecule has 0 radical (unpaired) electrons. The Morgan fingerprint density at radius 3 is 2.42 bits per heavy atom. The Hall–Kier alpha value is -1.88. The zero-order chi connectivity index (χ0) is 13.3. The van der Waals surface area contributed by atoms with Crippen LogP contribution in [-0.2, 0) is 9.59 Å². The first-order chi connectivity index (χ1) is 8.52. The SMILES string of the molecule is CC(=O)NC1=[N+](C)N(C)C(c2ccccc2)C1=O.Cl. The van der Waals surface area contributed by atoms with Gasteiger partial charge in [-0.2, -0.15) is 4.68 Å². The third-order valence-electron chi connectivity index (χ3n) is 3.06. The van der Waals surface area contributed by atoms with E-state index in [1.165, 1.54) is 6.92 Å². The highest BCUT2D eigenvalue weighted by atomic mass is 35.5. The number of nitrogens with one attached hydrogen (secondary N) is 1. The summed E-state index contributed by atoms with van der Waals surface area (Å²) in [4.78, 5) is 23.4. The van der Waals surface area contributed by atoms with E-state index in [0.717, 1.165) is 5.56 Å². The number of likely N-dealkylation sites (N-methyl/N-ethyl adjacent to an activating group) is 1. The minimum absolute atomic E-state index is 0. The van der Waals surface area contributed by atoms with Crippen LogP contribution in [0.4, 0.5) is 0 Å². The van der Waals surface area contributed by atoms with Crippen molar-refractivity contribution in [3.63, 3.8) is 0 Å². The van der Waals surface area contributed by atoms with Crippen LogP contribution >= 0.6 is 12.4 Å². The molecule has 0 aliphatic carbocycles. The molecule has 1 heterocycles. The fraction of sp³-hybridized carbons (Fsp3) is 0.308. The average molecular weight is 283 g/mol. The van der Waals surface area contributed by atoms with Crippen molar-refractivity contribution in [3.8, 4) is 0 Å². The number of hydrazine groups is 1. The number of ketones is 1. The molecule has 6 heteroatoms. The van der Waals surface area contributed by atoms with E-state index in [2.05, 4.69) is 5.32 Å². The van der Waals surface area contributed by atoms with Gasteiger partial charge in [-0.25, -0.2) is 15.1 Å².